The van der Waals surface area contributed by atoms with Crippen molar-refractivity contribution in [2.75, 3.05) is 0 Å². The van der Waals surface area contributed by atoms with Crippen LogP contribution in [0.3, 0.4) is 0 Å². The lowest BCUT2D eigenvalue weighted by molar-refractivity contribution is 0.0740. The molecule has 0 spiro atoms. The van der Waals surface area contributed by atoms with Crippen LogP contribution in [0.1, 0.15) is 28.6 Å². The number of nitriles is 1. The number of ether oxygens (including phenoxy) is 1. The van der Waals surface area contributed by atoms with E-state index in [1.54, 1.807) is 30.3 Å². The molecule has 0 unspecified atom stereocenters. The maximum atomic E-state index is 12.8. The van der Waals surface area contributed by atoms with Gasteiger partial charge in [-0.05, 0) is 66.1 Å². The molecule has 5 nitrogen and oxygen atoms in total. The Hall–Kier alpha value is -4.21. The van der Waals surface area contributed by atoms with Crippen LogP contribution >= 0.6 is 11.3 Å². The summed E-state index contributed by atoms with van der Waals surface area (Å²) >= 11 is 1.39. The highest BCUT2D eigenvalue weighted by Crippen LogP contribution is 2.32. The van der Waals surface area contributed by atoms with Crippen molar-refractivity contribution in [1.29, 1.82) is 5.26 Å². The first-order valence-electron chi connectivity index (χ1n) is 11.0. The first-order chi connectivity index (χ1) is 16.7. The van der Waals surface area contributed by atoms with E-state index >= 15 is 0 Å². The van der Waals surface area contributed by atoms with Crippen molar-refractivity contribution in [3.05, 3.63) is 95.4 Å². The fourth-order valence-electron chi connectivity index (χ4n) is 3.89. The number of hydrogen-bond donors (Lipinski definition) is 0. The first-order valence-corrected chi connectivity index (χ1v) is 11.9. The highest BCUT2D eigenvalue weighted by molar-refractivity contribution is 7.17. The zero-order chi connectivity index (χ0) is 23.5. The largest absolute Gasteiger partial charge is 0.422 e. The number of rotatable bonds is 6. The number of thiophene rings is 1. The molecule has 0 saturated heterocycles. The van der Waals surface area contributed by atoms with Crippen LogP contribution in [-0.4, -0.2) is 15.5 Å². The number of hydrogen-bond acceptors (Lipinski definition) is 5. The van der Waals surface area contributed by atoms with E-state index in [4.69, 9.17) is 15.0 Å². The quantitative estimate of drug-likeness (QED) is 0.202. The minimum absolute atomic E-state index is 0.388. The number of imidazole rings is 1. The zero-order valence-electron chi connectivity index (χ0n) is 18.6. The van der Waals surface area contributed by atoms with Gasteiger partial charge in [0.1, 0.15) is 10.6 Å². The van der Waals surface area contributed by atoms with Crippen LogP contribution < -0.4 is 4.74 Å². The second-order valence-corrected chi connectivity index (χ2v) is 8.93. The predicted molar refractivity (Wildman–Crippen MR) is 135 cm³/mol. The summed E-state index contributed by atoms with van der Waals surface area (Å²) in [4.78, 5) is 19.1. The summed E-state index contributed by atoms with van der Waals surface area (Å²) in [6.45, 7) is 3.00. The molecule has 0 fully saturated rings. The molecule has 2 heterocycles. The number of benzene rings is 3. The van der Waals surface area contributed by atoms with Crippen LogP contribution in [0, 0.1) is 11.3 Å². The fourth-order valence-corrected chi connectivity index (χ4v) is 4.77. The van der Waals surface area contributed by atoms with Crippen molar-refractivity contribution in [2.45, 2.75) is 19.9 Å². The van der Waals surface area contributed by atoms with Crippen molar-refractivity contribution < 1.29 is 9.53 Å². The summed E-state index contributed by atoms with van der Waals surface area (Å²) in [6.07, 6.45) is 0.992. The molecular formula is C28H21N3O2S. The van der Waals surface area contributed by atoms with E-state index in [9.17, 15) is 4.79 Å². The molecule has 0 aliphatic rings. The average Bonchev–Trinajstić information content (AvgIpc) is 3.50. The van der Waals surface area contributed by atoms with E-state index in [0.29, 0.717) is 16.2 Å². The number of carbonyl (C=O) groups excluding carboxylic acids is 1. The van der Waals surface area contributed by atoms with Gasteiger partial charge in [-0.2, -0.15) is 5.26 Å². The van der Waals surface area contributed by atoms with E-state index in [1.807, 2.05) is 48.5 Å². The number of nitrogens with zero attached hydrogens (tertiary/aromatic N) is 3. The number of esters is 1. The number of fused-ring (bicyclic) bond motifs is 1. The molecule has 0 aliphatic carbocycles. The second kappa shape index (κ2) is 9.34. The normalized spacial score (nSPS) is 10.8. The van der Waals surface area contributed by atoms with Crippen LogP contribution in [-0.2, 0) is 6.54 Å². The lowest BCUT2D eigenvalue weighted by atomic mass is 10.0. The van der Waals surface area contributed by atoms with Crippen LogP contribution in [0.4, 0.5) is 0 Å². The summed E-state index contributed by atoms with van der Waals surface area (Å²) < 4.78 is 7.82. The van der Waals surface area contributed by atoms with Gasteiger partial charge in [0.15, 0.2) is 5.82 Å². The lowest BCUT2D eigenvalue weighted by Crippen LogP contribution is -2.06. The number of aromatic nitrogens is 2. The summed E-state index contributed by atoms with van der Waals surface area (Å²) in [7, 11) is 0. The van der Waals surface area contributed by atoms with Crippen LogP contribution in [0.5, 0.6) is 5.75 Å². The lowest BCUT2D eigenvalue weighted by Gasteiger charge is -2.06. The Morgan fingerprint density at radius 2 is 1.68 bits per heavy atom. The molecule has 5 rings (SSSR count). The van der Waals surface area contributed by atoms with E-state index in [2.05, 4.69) is 23.6 Å². The van der Waals surface area contributed by atoms with Gasteiger partial charge in [0.2, 0.25) is 0 Å². The molecule has 3 aromatic carbocycles. The Labute approximate surface area is 201 Å². The second-order valence-electron chi connectivity index (χ2n) is 7.84. The fraction of sp³-hybridized carbons (Fsp3) is 0.107. The molecule has 0 saturated carbocycles. The van der Waals surface area contributed by atoms with Gasteiger partial charge in [-0.1, -0.05) is 43.3 Å². The summed E-state index contributed by atoms with van der Waals surface area (Å²) in [5.74, 6) is 0.968. The van der Waals surface area contributed by atoms with Gasteiger partial charge in [0.05, 0.1) is 27.5 Å². The SMILES string of the molecule is CCCn1c(-c2ccc(C(=O)Oc3ccc(-c4ccc(C#N)cc4)cc3)s2)nc2ccccc21. The molecule has 0 amide bonds. The van der Waals surface area contributed by atoms with Crippen LogP contribution in [0.25, 0.3) is 32.9 Å². The van der Waals surface area contributed by atoms with Gasteiger partial charge in [0, 0.05) is 6.54 Å². The van der Waals surface area contributed by atoms with Gasteiger partial charge in [-0.25, -0.2) is 9.78 Å². The molecule has 166 valence electrons. The molecule has 0 radical (unpaired) electrons. The van der Waals surface area contributed by atoms with Gasteiger partial charge < -0.3 is 9.30 Å². The van der Waals surface area contributed by atoms with E-state index in [1.165, 1.54) is 11.3 Å². The van der Waals surface area contributed by atoms with E-state index in [-0.39, 0.29) is 5.97 Å². The summed E-state index contributed by atoms with van der Waals surface area (Å²) in [5.41, 5.74) is 4.65. The maximum absolute atomic E-state index is 12.8. The monoisotopic (exact) mass is 463 g/mol. The maximum Gasteiger partial charge on any atom is 0.353 e. The third kappa shape index (κ3) is 4.21. The summed E-state index contributed by atoms with van der Waals surface area (Å²) in [5, 5.41) is 8.95. The third-order valence-electron chi connectivity index (χ3n) is 5.54. The van der Waals surface area contributed by atoms with Gasteiger partial charge in [-0.15, -0.1) is 11.3 Å². The molecule has 2 aromatic heterocycles. The Bertz CT molecular complexity index is 1510. The Balaban J connectivity index is 1.34. The smallest absolute Gasteiger partial charge is 0.353 e. The molecule has 34 heavy (non-hydrogen) atoms. The Morgan fingerprint density at radius 3 is 2.38 bits per heavy atom. The van der Waals surface area contributed by atoms with Crippen LogP contribution in [0.2, 0.25) is 0 Å². The van der Waals surface area contributed by atoms with Crippen molar-refractivity contribution in [3.8, 4) is 33.6 Å². The first kappa shape index (κ1) is 21.6. The van der Waals surface area contributed by atoms with E-state index in [0.717, 1.165) is 45.8 Å². The van der Waals surface area contributed by atoms with Gasteiger partial charge >= 0.3 is 5.97 Å². The van der Waals surface area contributed by atoms with Crippen molar-refractivity contribution in [2.24, 2.45) is 0 Å². The van der Waals surface area contributed by atoms with Crippen molar-refractivity contribution in [3.63, 3.8) is 0 Å². The predicted octanol–water partition coefficient (Wildman–Crippen LogP) is 6.93. The molecule has 0 atom stereocenters. The average molecular weight is 464 g/mol. The zero-order valence-corrected chi connectivity index (χ0v) is 19.4. The van der Waals surface area contributed by atoms with Crippen LogP contribution in [0.15, 0.2) is 84.9 Å². The minimum atomic E-state index is -0.388. The number of para-hydroxylation sites is 2. The Kier molecular flexibility index (Phi) is 5.94. The van der Waals surface area contributed by atoms with Crippen molar-refractivity contribution >= 4 is 28.3 Å². The highest BCUT2D eigenvalue weighted by atomic mass is 32.1. The standard InChI is InChI=1S/C28H21N3O2S/c1-2-17-31-24-6-4-3-5-23(24)30-27(31)25-15-16-26(34-25)28(32)33-22-13-11-21(12-14-22)20-9-7-19(18-29)8-10-20/h3-16H,2,17H2,1H3. The molecule has 5 aromatic rings. The third-order valence-corrected chi connectivity index (χ3v) is 6.60. The molecule has 0 N–H and O–H groups in total. The van der Waals surface area contributed by atoms with Gasteiger partial charge in [0.25, 0.3) is 0 Å². The Morgan fingerprint density at radius 1 is 0.971 bits per heavy atom. The van der Waals surface area contributed by atoms with E-state index < -0.39 is 0 Å². The van der Waals surface area contributed by atoms with Gasteiger partial charge in [-0.3, -0.25) is 0 Å². The minimum Gasteiger partial charge on any atom is -0.422 e. The topological polar surface area (TPSA) is 67.9 Å². The number of carbonyl (C=O) groups is 1. The molecule has 0 aliphatic heterocycles. The molecule has 0 bridgehead atoms. The molecular weight excluding hydrogens is 442 g/mol. The van der Waals surface area contributed by atoms with Crippen molar-refractivity contribution in [1.82, 2.24) is 9.55 Å². The highest BCUT2D eigenvalue weighted by Gasteiger charge is 2.17. The molecule has 6 heteroatoms. The summed E-state index contributed by atoms with van der Waals surface area (Å²) in [6, 6.07) is 28.7. The number of aryl methyl sites for hydroxylation is 1.